The highest BCUT2D eigenvalue weighted by molar-refractivity contribution is 5.98. The number of ether oxygens (including phenoxy) is 3. The lowest BCUT2D eigenvalue weighted by atomic mass is 9.95. The van der Waals surface area contributed by atoms with Crippen LogP contribution in [0.15, 0.2) is 59.5 Å². The first-order valence-electron chi connectivity index (χ1n) is 15.0. The van der Waals surface area contributed by atoms with E-state index in [4.69, 9.17) is 14.2 Å². The summed E-state index contributed by atoms with van der Waals surface area (Å²) >= 11 is 0. The molecule has 0 fully saturated rings. The molecule has 1 heterocycles. The van der Waals surface area contributed by atoms with Crippen molar-refractivity contribution in [3.05, 3.63) is 76.1 Å². The van der Waals surface area contributed by atoms with Gasteiger partial charge in [-0.15, -0.1) is 0 Å². The van der Waals surface area contributed by atoms with Gasteiger partial charge in [-0.05, 0) is 77.2 Å². The smallest absolute Gasteiger partial charge is 0.247 e. The average Bonchev–Trinajstić information content (AvgIpc) is 3.21. The Morgan fingerprint density at radius 2 is 1.71 bits per heavy atom. The number of rotatable bonds is 9. The van der Waals surface area contributed by atoms with Gasteiger partial charge in [-0.3, -0.25) is 14.4 Å². The third kappa shape index (κ3) is 6.18. The van der Waals surface area contributed by atoms with Gasteiger partial charge in [-0.2, -0.15) is 0 Å². The van der Waals surface area contributed by atoms with E-state index in [1.807, 2.05) is 68.1 Å². The van der Waals surface area contributed by atoms with Crippen LogP contribution in [0.3, 0.4) is 0 Å². The molecule has 1 aromatic heterocycles. The van der Waals surface area contributed by atoms with E-state index in [-0.39, 0.29) is 28.8 Å². The zero-order valence-corrected chi connectivity index (χ0v) is 26.7. The van der Waals surface area contributed by atoms with Gasteiger partial charge in [0.2, 0.25) is 23.0 Å². The molecule has 2 unspecified atom stereocenters. The van der Waals surface area contributed by atoms with Gasteiger partial charge in [-0.25, -0.2) is 0 Å². The number of fused-ring (bicyclic) bond motifs is 4. The molecule has 3 aromatic carbocycles. The minimum atomic E-state index is -0.707. The highest BCUT2D eigenvalue weighted by atomic mass is 16.5. The normalized spacial score (nSPS) is 14.5. The molecule has 1 aliphatic rings. The monoisotopic (exact) mass is 612 g/mol. The minimum Gasteiger partial charge on any atom is -0.493 e. The maximum absolute atomic E-state index is 13.8. The van der Waals surface area contributed by atoms with Crippen LogP contribution in [0.25, 0.3) is 22.0 Å². The molecule has 0 bridgehead atoms. The summed E-state index contributed by atoms with van der Waals surface area (Å²) in [5.41, 5.74) is 4.67. The van der Waals surface area contributed by atoms with Gasteiger partial charge in [-0.1, -0.05) is 26.0 Å². The standard InChI is InChI=1S/C35H40N4O6/c1-19(2)32(35(42)37-23-10-8-21-14-15-39(4)28(21)17-23)38-27-13-11-24-25(18-29(27)41)26(36-20(3)40)12-9-22-16-30(43-5)33(44-6)34(45-7)31(22)24/h8,10-11,13-19,26,32H,9,12H2,1-7H3,(H,36,40)(H,37,42)(H,38,41). The number of aromatic nitrogens is 1. The third-order valence-electron chi connectivity index (χ3n) is 8.33. The van der Waals surface area contributed by atoms with Crippen molar-refractivity contribution in [3.8, 4) is 28.4 Å². The molecule has 4 aromatic rings. The lowest BCUT2D eigenvalue weighted by Gasteiger charge is -2.22. The largest absolute Gasteiger partial charge is 0.493 e. The number of amides is 2. The molecular formula is C35H40N4O6. The Kier molecular flexibility index (Phi) is 9.04. The average molecular weight is 613 g/mol. The van der Waals surface area contributed by atoms with Crippen LogP contribution in [0, 0.1) is 5.92 Å². The fourth-order valence-electron chi connectivity index (χ4n) is 6.09. The van der Waals surface area contributed by atoms with Gasteiger partial charge >= 0.3 is 0 Å². The van der Waals surface area contributed by atoms with Crippen LogP contribution in [0.5, 0.6) is 17.2 Å². The fourth-order valence-corrected chi connectivity index (χ4v) is 6.09. The van der Waals surface area contributed by atoms with Crippen LogP contribution in [0.1, 0.15) is 44.4 Å². The SMILES string of the molecule is COc1cc2c(c(OC)c1OC)-c1ccc(NC(C(=O)Nc3ccc4ccn(C)c4c3)C(C)C)c(=O)cc1C(NC(C)=O)CC2. The Morgan fingerprint density at radius 3 is 2.38 bits per heavy atom. The van der Waals surface area contributed by atoms with Crippen LogP contribution in [-0.4, -0.2) is 43.8 Å². The summed E-state index contributed by atoms with van der Waals surface area (Å²) in [5.74, 6) is 0.819. The van der Waals surface area contributed by atoms with Crippen molar-refractivity contribution < 1.29 is 23.8 Å². The van der Waals surface area contributed by atoms with Crippen LogP contribution < -0.4 is 35.6 Å². The van der Waals surface area contributed by atoms with E-state index in [0.717, 1.165) is 22.0 Å². The molecule has 236 valence electrons. The maximum atomic E-state index is 13.8. The minimum absolute atomic E-state index is 0.142. The van der Waals surface area contributed by atoms with Crippen molar-refractivity contribution in [2.45, 2.75) is 45.7 Å². The van der Waals surface area contributed by atoms with Crippen molar-refractivity contribution in [1.29, 1.82) is 0 Å². The van der Waals surface area contributed by atoms with E-state index < -0.39 is 12.1 Å². The van der Waals surface area contributed by atoms with Gasteiger partial charge in [0.05, 0.1) is 33.1 Å². The Hall–Kier alpha value is -4.99. The Balaban J connectivity index is 1.58. The summed E-state index contributed by atoms with van der Waals surface area (Å²) in [4.78, 5) is 39.7. The van der Waals surface area contributed by atoms with E-state index in [9.17, 15) is 14.4 Å². The highest BCUT2D eigenvalue weighted by Gasteiger charge is 2.30. The molecule has 0 spiro atoms. The molecule has 1 aliphatic carbocycles. The Morgan fingerprint density at radius 1 is 0.956 bits per heavy atom. The number of hydrogen-bond donors (Lipinski definition) is 3. The molecule has 10 heteroatoms. The number of carbonyl (C=O) groups excluding carboxylic acids is 2. The van der Waals surface area contributed by atoms with E-state index in [0.29, 0.717) is 46.9 Å². The summed E-state index contributed by atoms with van der Waals surface area (Å²) in [6.07, 6.45) is 3.12. The number of anilines is 2. The van der Waals surface area contributed by atoms with Crippen LogP contribution in [0.2, 0.25) is 0 Å². The van der Waals surface area contributed by atoms with E-state index >= 15 is 0 Å². The van der Waals surface area contributed by atoms with Crippen LogP contribution in [0.4, 0.5) is 11.4 Å². The van der Waals surface area contributed by atoms with Gasteiger partial charge in [0.1, 0.15) is 6.04 Å². The number of nitrogens with one attached hydrogen (secondary N) is 3. The maximum Gasteiger partial charge on any atom is 0.247 e. The second-order valence-electron chi connectivity index (χ2n) is 11.7. The highest BCUT2D eigenvalue weighted by Crippen LogP contribution is 2.50. The van der Waals surface area contributed by atoms with Crippen molar-refractivity contribution in [1.82, 2.24) is 9.88 Å². The number of methoxy groups -OCH3 is 3. The quantitative estimate of drug-likeness (QED) is 0.231. The van der Waals surface area contributed by atoms with Gasteiger partial charge in [0, 0.05) is 36.9 Å². The zero-order valence-electron chi connectivity index (χ0n) is 26.7. The van der Waals surface area contributed by atoms with Gasteiger partial charge in [0.15, 0.2) is 11.5 Å². The first-order valence-corrected chi connectivity index (χ1v) is 15.0. The second kappa shape index (κ2) is 12.9. The number of carbonyl (C=O) groups is 2. The van der Waals surface area contributed by atoms with Crippen molar-refractivity contribution in [2.24, 2.45) is 13.0 Å². The van der Waals surface area contributed by atoms with Gasteiger partial charge < -0.3 is 34.7 Å². The first kappa shape index (κ1) is 31.4. The molecule has 0 saturated carbocycles. The molecule has 3 N–H and O–H groups in total. The molecule has 0 radical (unpaired) electrons. The van der Waals surface area contributed by atoms with E-state index in [1.165, 1.54) is 6.92 Å². The molecule has 45 heavy (non-hydrogen) atoms. The molecule has 5 rings (SSSR count). The lowest BCUT2D eigenvalue weighted by Crippen LogP contribution is -2.39. The number of benzene rings is 2. The number of aryl methyl sites for hydroxylation is 2. The van der Waals surface area contributed by atoms with Gasteiger partial charge in [0.25, 0.3) is 0 Å². The third-order valence-corrected chi connectivity index (χ3v) is 8.33. The fraction of sp³-hybridized carbons (Fsp3) is 0.343. The Bertz CT molecular complexity index is 1830. The Labute approximate surface area is 262 Å². The van der Waals surface area contributed by atoms with Crippen molar-refractivity contribution in [2.75, 3.05) is 32.0 Å². The van der Waals surface area contributed by atoms with Crippen molar-refractivity contribution in [3.63, 3.8) is 0 Å². The number of hydrogen-bond acceptors (Lipinski definition) is 7. The molecule has 2 atom stereocenters. The summed E-state index contributed by atoms with van der Waals surface area (Å²) < 4.78 is 19.1. The molecular weight excluding hydrogens is 572 g/mol. The molecule has 2 amide bonds. The first-order chi connectivity index (χ1) is 21.6. The topological polar surface area (TPSA) is 120 Å². The van der Waals surface area contributed by atoms with Crippen LogP contribution >= 0.6 is 0 Å². The van der Waals surface area contributed by atoms with Crippen molar-refractivity contribution >= 4 is 34.1 Å². The predicted molar refractivity (Wildman–Crippen MR) is 176 cm³/mol. The molecule has 0 aliphatic heterocycles. The van der Waals surface area contributed by atoms with E-state index in [1.54, 1.807) is 33.5 Å². The summed E-state index contributed by atoms with van der Waals surface area (Å²) in [6.45, 7) is 5.31. The zero-order chi connectivity index (χ0) is 32.4. The summed E-state index contributed by atoms with van der Waals surface area (Å²) in [6, 6.07) is 13.6. The van der Waals surface area contributed by atoms with Crippen LogP contribution in [-0.2, 0) is 23.1 Å². The number of nitrogens with zero attached hydrogens (tertiary/aromatic N) is 1. The summed E-state index contributed by atoms with van der Waals surface area (Å²) in [5, 5.41) is 10.3. The predicted octanol–water partition coefficient (Wildman–Crippen LogP) is 5.43. The summed E-state index contributed by atoms with van der Waals surface area (Å²) in [7, 11) is 6.62. The molecule has 10 nitrogen and oxygen atoms in total. The lowest BCUT2D eigenvalue weighted by molar-refractivity contribution is -0.120. The molecule has 0 saturated heterocycles. The van der Waals surface area contributed by atoms with E-state index in [2.05, 4.69) is 16.0 Å². The second-order valence-corrected chi connectivity index (χ2v) is 11.7.